The molecule has 1 saturated heterocycles. The maximum atomic E-state index is 14.1. The van der Waals surface area contributed by atoms with Crippen LogP contribution in [0.3, 0.4) is 0 Å². The van der Waals surface area contributed by atoms with Crippen LogP contribution in [0.25, 0.3) is 0 Å². The van der Waals surface area contributed by atoms with E-state index in [1.54, 1.807) is 4.90 Å². The fraction of sp³-hybridized carbons (Fsp3) is 0.500. The molecule has 0 bridgehead atoms. The molecular weight excluding hydrogens is 266 g/mol. The summed E-state index contributed by atoms with van der Waals surface area (Å²) in [6, 6.07) is 2.42. The normalized spacial score (nSPS) is 18.4. The summed E-state index contributed by atoms with van der Waals surface area (Å²) in [4.78, 5) is 1.78. The summed E-state index contributed by atoms with van der Waals surface area (Å²) in [6.07, 6.45) is 2.00. The van der Waals surface area contributed by atoms with Gasteiger partial charge in [0, 0.05) is 18.7 Å². The monoisotopic (exact) mass is 284 g/mol. The Morgan fingerprint density at radius 1 is 1.32 bits per heavy atom. The van der Waals surface area contributed by atoms with Crippen LogP contribution in [0.1, 0.15) is 32.3 Å². The van der Waals surface area contributed by atoms with Crippen molar-refractivity contribution in [2.24, 2.45) is 11.1 Å². The Kier molecular flexibility index (Phi) is 3.76. The molecule has 19 heavy (non-hydrogen) atoms. The summed E-state index contributed by atoms with van der Waals surface area (Å²) < 4.78 is 28.2. The minimum atomic E-state index is -0.597. The largest absolute Gasteiger partial charge is 0.389 e. The van der Waals surface area contributed by atoms with Crippen molar-refractivity contribution in [2.75, 3.05) is 18.0 Å². The van der Waals surface area contributed by atoms with Crippen LogP contribution in [0, 0.1) is 17.0 Å². The zero-order valence-corrected chi connectivity index (χ0v) is 12.0. The molecule has 2 nitrogen and oxygen atoms in total. The number of hydrogen-bond donors (Lipinski definition) is 1. The van der Waals surface area contributed by atoms with E-state index in [-0.39, 0.29) is 21.7 Å². The summed E-state index contributed by atoms with van der Waals surface area (Å²) >= 11 is 4.75. The SMILES string of the molecule is CC1(C)CCCN(c2c(F)cc(C(N)=S)cc2F)C1. The van der Waals surface area contributed by atoms with Gasteiger partial charge in [0.25, 0.3) is 0 Å². The van der Waals surface area contributed by atoms with Crippen molar-refractivity contribution in [3.8, 4) is 0 Å². The van der Waals surface area contributed by atoms with Crippen molar-refractivity contribution in [1.82, 2.24) is 0 Å². The molecule has 0 spiro atoms. The molecule has 1 aliphatic heterocycles. The lowest BCUT2D eigenvalue weighted by atomic mass is 9.84. The van der Waals surface area contributed by atoms with Gasteiger partial charge < -0.3 is 10.6 Å². The van der Waals surface area contributed by atoms with E-state index in [4.69, 9.17) is 18.0 Å². The standard InChI is InChI=1S/C14H18F2N2S/c1-14(2)4-3-5-18(8-14)12-10(15)6-9(13(17)19)7-11(12)16/h6-7H,3-5,8H2,1-2H3,(H2,17,19). The van der Waals surface area contributed by atoms with Gasteiger partial charge in [0.1, 0.15) is 22.3 Å². The van der Waals surface area contributed by atoms with E-state index in [1.807, 2.05) is 0 Å². The van der Waals surface area contributed by atoms with E-state index < -0.39 is 11.6 Å². The average molecular weight is 284 g/mol. The fourth-order valence-electron chi connectivity index (χ4n) is 2.62. The lowest BCUT2D eigenvalue weighted by Crippen LogP contribution is -2.41. The van der Waals surface area contributed by atoms with Gasteiger partial charge >= 0.3 is 0 Å². The van der Waals surface area contributed by atoms with Crippen molar-refractivity contribution in [3.63, 3.8) is 0 Å². The molecule has 0 amide bonds. The molecule has 1 aliphatic rings. The first kappa shape index (κ1) is 14.2. The predicted molar refractivity (Wildman–Crippen MR) is 77.5 cm³/mol. The number of nitrogens with zero attached hydrogens (tertiary/aromatic N) is 1. The number of hydrogen-bond acceptors (Lipinski definition) is 2. The number of nitrogens with two attached hydrogens (primary N) is 1. The highest BCUT2D eigenvalue weighted by Gasteiger charge is 2.29. The van der Waals surface area contributed by atoms with Crippen LogP contribution >= 0.6 is 12.2 Å². The molecule has 0 radical (unpaired) electrons. The second-order valence-electron chi connectivity index (χ2n) is 5.84. The number of thiocarbonyl (C=S) groups is 1. The Morgan fingerprint density at radius 3 is 2.37 bits per heavy atom. The molecular formula is C14H18F2N2S. The molecule has 0 aromatic heterocycles. The van der Waals surface area contributed by atoms with Crippen molar-refractivity contribution < 1.29 is 8.78 Å². The van der Waals surface area contributed by atoms with Crippen molar-refractivity contribution in [2.45, 2.75) is 26.7 Å². The molecule has 0 unspecified atom stereocenters. The topological polar surface area (TPSA) is 29.3 Å². The van der Waals surface area contributed by atoms with E-state index in [1.165, 1.54) is 12.1 Å². The Morgan fingerprint density at radius 2 is 1.89 bits per heavy atom. The van der Waals surface area contributed by atoms with Gasteiger partial charge in [-0.1, -0.05) is 26.1 Å². The van der Waals surface area contributed by atoms with Crippen LogP contribution < -0.4 is 10.6 Å². The smallest absolute Gasteiger partial charge is 0.150 e. The van der Waals surface area contributed by atoms with Crippen molar-refractivity contribution in [1.29, 1.82) is 0 Å². The molecule has 0 saturated carbocycles. The van der Waals surface area contributed by atoms with E-state index in [0.717, 1.165) is 12.8 Å². The van der Waals surface area contributed by atoms with Crippen LogP contribution in [-0.4, -0.2) is 18.1 Å². The molecule has 1 heterocycles. The van der Waals surface area contributed by atoms with Gasteiger partial charge in [0.15, 0.2) is 0 Å². The van der Waals surface area contributed by atoms with Gasteiger partial charge in [-0.15, -0.1) is 0 Å². The molecule has 0 atom stereocenters. The fourth-order valence-corrected chi connectivity index (χ4v) is 2.74. The summed E-state index contributed by atoms with van der Waals surface area (Å²) in [5, 5.41) is 0. The van der Waals surface area contributed by atoms with Gasteiger partial charge in [-0.05, 0) is 30.4 Å². The third-order valence-corrected chi connectivity index (χ3v) is 3.75. The van der Waals surface area contributed by atoms with E-state index in [9.17, 15) is 8.78 Å². The lowest BCUT2D eigenvalue weighted by molar-refractivity contribution is 0.290. The molecule has 2 rings (SSSR count). The van der Waals surface area contributed by atoms with E-state index in [0.29, 0.717) is 13.1 Å². The predicted octanol–water partition coefficient (Wildman–Crippen LogP) is 3.23. The first-order valence-corrected chi connectivity index (χ1v) is 6.75. The summed E-state index contributed by atoms with van der Waals surface area (Å²) in [7, 11) is 0. The number of rotatable bonds is 2. The molecule has 0 aliphatic carbocycles. The Balaban J connectivity index is 2.37. The van der Waals surface area contributed by atoms with Gasteiger partial charge in [0.05, 0.1) is 0 Å². The molecule has 2 N–H and O–H groups in total. The average Bonchev–Trinajstić information content (AvgIpc) is 2.26. The second-order valence-corrected chi connectivity index (χ2v) is 6.28. The van der Waals surface area contributed by atoms with Crippen LogP contribution in [0.4, 0.5) is 14.5 Å². The van der Waals surface area contributed by atoms with Crippen LogP contribution in [0.15, 0.2) is 12.1 Å². The van der Waals surface area contributed by atoms with Gasteiger partial charge in [-0.2, -0.15) is 0 Å². The molecule has 1 aromatic rings. The first-order valence-electron chi connectivity index (χ1n) is 6.34. The van der Waals surface area contributed by atoms with Gasteiger partial charge in [-0.25, -0.2) is 8.78 Å². The van der Waals surface area contributed by atoms with Crippen LogP contribution in [0.2, 0.25) is 0 Å². The van der Waals surface area contributed by atoms with E-state index in [2.05, 4.69) is 13.8 Å². The summed E-state index contributed by atoms with van der Waals surface area (Å²) in [5.74, 6) is -1.19. The zero-order chi connectivity index (χ0) is 14.2. The Labute approximate surface area is 117 Å². The second kappa shape index (κ2) is 5.04. The number of benzene rings is 1. The number of anilines is 1. The number of piperidine rings is 1. The van der Waals surface area contributed by atoms with Gasteiger partial charge in [0.2, 0.25) is 0 Å². The maximum Gasteiger partial charge on any atom is 0.150 e. The van der Waals surface area contributed by atoms with Crippen LogP contribution in [-0.2, 0) is 0 Å². The van der Waals surface area contributed by atoms with Crippen molar-refractivity contribution in [3.05, 3.63) is 29.3 Å². The highest BCUT2D eigenvalue weighted by atomic mass is 32.1. The Hall–Kier alpha value is -1.23. The van der Waals surface area contributed by atoms with Gasteiger partial charge in [-0.3, -0.25) is 0 Å². The van der Waals surface area contributed by atoms with Crippen molar-refractivity contribution >= 4 is 22.9 Å². The van der Waals surface area contributed by atoms with E-state index >= 15 is 0 Å². The highest BCUT2D eigenvalue weighted by molar-refractivity contribution is 7.80. The third-order valence-electron chi connectivity index (χ3n) is 3.52. The molecule has 1 aromatic carbocycles. The number of halogens is 2. The zero-order valence-electron chi connectivity index (χ0n) is 11.2. The minimum Gasteiger partial charge on any atom is -0.389 e. The molecule has 1 fully saturated rings. The van der Waals surface area contributed by atoms with Crippen LogP contribution in [0.5, 0.6) is 0 Å². The quantitative estimate of drug-likeness (QED) is 0.846. The summed E-state index contributed by atoms with van der Waals surface area (Å²) in [5.41, 5.74) is 5.74. The molecule has 104 valence electrons. The molecule has 5 heteroatoms. The minimum absolute atomic E-state index is 0.00308. The Bertz CT molecular complexity index is 491. The third kappa shape index (κ3) is 3.03. The maximum absolute atomic E-state index is 14.1. The highest BCUT2D eigenvalue weighted by Crippen LogP contribution is 2.34. The lowest BCUT2D eigenvalue weighted by Gasteiger charge is -2.39. The summed E-state index contributed by atoms with van der Waals surface area (Å²) in [6.45, 7) is 5.54. The first-order chi connectivity index (χ1) is 8.80.